The van der Waals surface area contributed by atoms with E-state index in [4.69, 9.17) is 0 Å². The fraction of sp³-hybridized carbons (Fsp3) is 0.684. The highest BCUT2D eigenvalue weighted by Crippen LogP contribution is 2.12. The average molecular weight is 354 g/mol. The maximum absolute atomic E-state index is 3.53. The minimum absolute atomic E-state index is 0.983. The molecule has 1 aromatic carbocycles. The largest absolute Gasteiger partial charge is 0.313 e. The fourth-order valence-electron chi connectivity index (χ4n) is 2.62. The maximum atomic E-state index is 3.53. The lowest BCUT2D eigenvalue weighted by molar-refractivity contribution is 0.543. The summed E-state index contributed by atoms with van der Waals surface area (Å²) in [5.41, 5.74) is 1.36. The van der Waals surface area contributed by atoms with Gasteiger partial charge in [0.2, 0.25) is 0 Å². The molecule has 0 bridgehead atoms. The number of hydrogen-bond acceptors (Lipinski definition) is 1. The normalized spacial score (nSPS) is 11.0. The van der Waals surface area contributed by atoms with Gasteiger partial charge in [-0.2, -0.15) is 0 Å². The topological polar surface area (TPSA) is 12.0 Å². The van der Waals surface area contributed by atoms with Crippen LogP contribution in [-0.2, 0) is 6.54 Å². The Labute approximate surface area is 140 Å². The van der Waals surface area contributed by atoms with Crippen LogP contribution < -0.4 is 5.32 Å². The van der Waals surface area contributed by atoms with Crippen LogP contribution in [0.25, 0.3) is 0 Å². The number of rotatable bonds is 13. The molecule has 1 N–H and O–H groups in total. The maximum Gasteiger partial charge on any atom is 0.0205 e. The predicted octanol–water partition coefficient (Wildman–Crippen LogP) is 6.46. The van der Waals surface area contributed by atoms with Crippen molar-refractivity contribution in [1.82, 2.24) is 5.32 Å². The summed E-state index contributed by atoms with van der Waals surface area (Å²) in [4.78, 5) is 0. The molecule has 0 unspecified atom stereocenters. The Morgan fingerprint density at radius 3 is 2.10 bits per heavy atom. The highest BCUT2D eigenvalue weighted by atomic mass is 79.9. The van der Waals surface area contributed by atoms with E-state index in [2.05, 4.69) is 52.4 Å². The second-order valence-electron chi connectivity index (χ2n) is 5.99. The molecule has 1 nitrogen and oxygen atoms in total. The van der Waals surface area contributed by atoms with Crippen LogP contribution in [-0.4, -0.2) is 6.54 Å². The van der Waals surface area contributed by atoms with Crippen molar-refractivity contribution in [1.29, 1.82) is 0 Å². The molecule has 0 fully saturated rings. The SMILES string of the molecule is CCCCCCCCCCCCNCc1cccc(Br)c1. The lowest BCUT2D eigenvalue weighted by Crippen LogP contribution is -2.14. The average Bonchev–Trinajstić information content (AvgIpc) is 2.48. The number of halogens is 1. The third-order valence-corrected chi connectivity index (χ3v) is 4.42. The van der Waals surface area contributed by atoms with Gasteiger partial charge in [0.1, 0.15) is 0 Å². The van der Waals surface area contributed by atoms with Crippen LogP contribution in [0.2, 0.25) is 0 Å². The van der Waals surface area contributed by atoms with E-state index in [0.29, 0.717) is 0 Å². The number of nitrogens with one attached hydrogen (secondary N) is 1. The zero-order chi connectivity index (χ0) is 15.2. The minimum atomic E-state index is 0.983. The van der Waals surface area contributed by atoms with Gasteiger partial charge in [-0.15, -0.1) is 0 Å². The predicted molar refractivity (Wildman–Crippen MR) is 97.7 cm³/mol. The van der Waals surface area contributed by atoms with Crippen molar-refractivity contribution in [3.05, 3.63) is 34.3 Å². The van der Waals surface area contributed by atoms with Gasteiger partial charge in [-0.05, 0) is 30.7 Å². The van der Waals surface area contributed by atoms with Crippen LogP contribution >= 0.6 is 15.9 Å². The summed E-state index contributed by atoms with van der Waals surface area (Å²) < 4.78 is 1.17. The summed E-state index contributed by atoms with van der Waals surface area (Å²) >= 11 is 3.51. The number of unbranched alkanes of at least 4 members (excludes halogenated alkanes) is 9. The molecule has 1 rings (SSSR count). The van der Waals surface area contributed by atoms with Gasteiger partial charge in [0, 0.05) is 11.0 Å². The zero-order valence-corrected chi connectivity index (χ0v) is 15.3. The van der Waals surface area contributed by atoms with Gasteiger partial charge in [-0.25, -0.2) is 0 Å². The van der Waals surface area contributed by atoms with Gasteiger partial charge in [-0.1, -0.05) is 92.8 Å². The van der Waals surface area contributed by atoms with E-state index in [-0.39, 0.29) is 0 Å². The molecular weight excluding hydrogens is 322 g/mol. The van der Waals surface area contributed by atoms with Crippen LogP contribution in [0, 0.1) is 0 Å². The molecule has 0 saturated carbocycles. The molecule has 0 aliphatic carbocycles. The Morgan fingerprint density at radius 1 is 0.857 bits per heavy atom. The summed E-state index contributed by atoms with van der Waals surface area (Å²) in [5.74, 6) is 0. The van der Waals surface area contributed by atoms with Crippen molar-refractivity contribution in [2.24, 2.45) is 0 Å². The van der Waals surface area contributed by atoms with Crippen molar-refractivity contribution in [3.63, 3.8) is 0 Å². The summed E-state index contributed by atoms with van der Waals surface area (Å²) in [6.45, 7) is 4.41. The van der Waals surface area contributed by atoms with Crippen LogP contribution in [0.15, 0.2) is 28.7 Å². The molecule has 0 saturated heterocycles. The van der Waals surface area contributed by atoms with Crippen molar-refractivity contribution < 1.29 is 0 Å². The van der Waals surface area contributed by atoms with Crippen LogP contribution in [0.5, 0.6) is 0 Å². The highest BCUT2D eigenvalue weighted by Gasteiger charge is 1.95. The molecule has 0 radical (unpaired) electrons. The molecule has 0 aromatic heterocycles. The quantitative estimate of drug-likeness (QED) is 0.401. The molecule has 1 aromatic rings. The first-order valence-corrected chi connectivity index (χ1v) is 9.57. The number of hydrogen-bond donors (Lipinski definition) is 1. The molecule has 0 amide bonds. The van der Waals surface area contributed by atoms with E-state index in [1.165, 1.54) is 74.2 Å². The highest BCUT2D eigenvalue weighted by molar-refractivity contribution is 9.10. The summed E-state index contributed by atoms with van der Waals surface area (Å²) in [7, 11) is 0. The molecular formula is C19H32BrN. The Balaban J connectivity index is 1.82. The molecule has 21 heavy (non-hydrogen) atoms. The van der Waals surface area contributed by atoms with Crippen molar-refractivity contribution in [3.8, 4) is 0 Å². The van der Waals surface area contributed by atoms with E-state index in [1.54, 1.807) is 0 Å². The van der Waals surface area contributed by atoms with Crippen molar-refractivity contribution in [2.75, 3.05) is 6.54 Å². The van der Waals surface area contributed by atoms with Gasteiger partial charge < -0.3 is 5.32 Å². The Kier molecular flexibility index (Phi) is 11.9. The van der Waals surface area contributed by atoms with E-state index < -0.39 is 0 Å². The van der Waals surface area contributed by atoms with Gasteiger partial charge in [0.05, 0.1) is 0 Å². The molecule has 0 aliphatic rings. The van der Waals surface area contributed by atoms with E-state index in [9.17, 15) is 0 Å². The van der Waals surface area contributed by atoms with E-state index >= 15 is 0 Å². The van der Waals surface area contributed by atoms with Crippen molar-refractivity contribution in [2.45, 2.75) is 77.7 Å². The summed E-state index contributed by atoms with van der Waals surface area (Å²) in [5, 5.41) is 3.53. The third-order valence-electron chi connectivity index (χ3n) is 3.93. The lowest BCUT2D eigenvalue weighted by Gasteiger charge is -2.05. The lowest BCUT2D eigenvalue weighted by atomic mass is 10.1. The Morgan fingerprint density at radius 2 is 1.48 bits per heavy atom. The summed E-state index contributed by atoms with van der Waals surface area (Å²) in [6, 6.07) is 8.54. The first-order valence-electron chi connectivity index (χ1n) is 8.78. The van der Waals surface area contributed by atoms with Crippen LogP contribution in [0.4, 0.5) is 0 Å². The first-order chi connectivity index (χ1) is 10.3. The molecule has 0 spiro atoms. The third kappa shape index (κ3) is 11.0. The summed E-state index contributed by atoms with van der Waals surface area (Å²) in [6.07, 6.45) is 14.1. The molecule has 2 heteroatoms. The number of benzene rings is 1. The van der Waals surface area contributed by atoms with Crippen LogP contribution in [0.1, 0.15) is 76.7 Å². The molecule has 0 aliphatic heterocycles. The Bertz CT molecular complexity index is 351. The zero-order valence-electron chi connectivity index (χ0n) is 13.7. The van der Waals surface area contributed by atoms with Gasteiger partial charge in [0.25, 0.3) is 0 Å². The monoisotopic (exact) mass is 353 g/mol. The molecule has 0 atom stereocenters. The van der Waals surface area contributed by atoms with Crippen molar-refractivity contribution >= 4 is 15.9 Å². The van der Waals surface area contributed by atoms with Gasteiger partial charge in [0.15, 0.2) is 0 Å². The fourth-order valence-corrected chi connectivity index (χ4v) is 3.06. The van der Waals surface area contributed by atoms with E-state index in [0.717, 1.165) is 13.1 Å². The molecule has 0 heterocycles. The minimum Gasteiger partial charge on any atom is -0.313 e. The van der Waals surface area contributed by atoms with Gasteiger partial charge >= 0.3 is 0 Å². The molecule has 120 valence electrons. The standard InChI is InChI=1S/C19H32BrN/c1-2-3-4-5-6-7-8-9-10-11-15-21-17-18-13-12-14-19(20)16-18/h12-14,16,21H,2-11,15,17H2,1H3. The van der Waals surface area contributed by atoms with Gasteiger partial charge in [-0.3, -0.25) is 0 Å². The Hall–Kier alpha value is -0.340. The smallest absolute Gasteiger partial charge is 0.0205 e. The first kappa shape index (κ1) is 18.7. The van der Waals surface area contributed by atoms with E-state index in [1.807, 2.05) is 0 Å². The second kappa shape index (κ2) is 13.3. The second-order valence-corrected chi connectivity index (χ2v) is 6.90. The van der Waals surface area contributed by atoms with Crippen LogP contribution in [0.3, 0.4) is 0 Å².